The standard InChI is InChI=1S/C12H16OSe/c1-9(2)12(13)10(3)14-11-7-5-4-6-8-11/h4-10H,1-3H3. The van der Waals surface area contributed by atoms with E-state index in [4.69, 9.17) is 0 Å². The summed E-state index contributed by atoms with van der Waals surface area (Å²) >= 11 is 0.280. The Kier molecular flexibility index (Phi) is 4.37. The number of rotatable bonds is 4. The number of hydrogen-bond donors (Lipinski definition) is 0. The van der Waals surface area contributed by atoms with Gasteiger partial charge in [0.25, 0.3) is 0 Å². The molecule has 1 rings (SSSR count). The van der Waals surface area contributed by atoms with Crippen LogP contribution in [-0.2, 0) is 4.79 Å². The molecule has 0 saturated heterocycles. The Morgan fingerprint density at radius 3 is 2.21 bits per heavy atom. The molecule has 0 spiro atoms. The first kappa shape index (κ1) is 11.5. The van der Waals surface area contributed by atoms with Crippen LogP contribution in [0.15, 0.2) is 30.3 Å². The summed E-state index contributed by atoms with van der Waals surface area (Å²) in [5.74, 6) is 0.546. The van der Waals surface area contributed by atoms with Crippen LogP contribution >= 0.6 is 0 Å². The van der Waals surface area contributed by atoms with E-state index in [0.717, 1.165) is 0 Å². The number of Topliss-reactive ketones (excluding diaryl/α,β-unsaturated/α-hetero) is 1. The van der Waals surface area contributed by atoms with Crippen LogP contribution in [0.5, 0.6) is 0 Å². The van der Waals surface area contributed by atoms with Crippen LogP contribution in [0.1, 0.15) is 20.8 Å². The number of carbonyl (C=O) groups is 1. The van der Waals surface area contributed by atoms with Crippen molar-refractivity contribution >= 4 is 25.2 Å². The number of ketones is 1. The molecule has 0 N–H and O–H groups in total. The summed E-state index contributed by atoms with van der Waals surface area (Å²) < 4.78 is 1.31. The van der Waals surface area contributed by atoms with Crippen LogP contribution in [0.3, 0.4) is 0 Å². The fraction of sp³-hybridized carbons (Fsp3) is 0.417. The molecule has 76 valence electrons. The second-order valence-corrected chi connectivity index (χ2v) is 6.60. The molecule has 0 bridgehead atoms. The number of benzene rings is 1. The van der Waals surface area contributed by atoms with Crippen molar-refractivity contribution in [3.8, 4) is 0 Å². The Labute approximate surface area is 92.1 Å². The van der Waals surface area contributed by atoms with Crippen molar-refractivity contribution in [3.63, 3.8) is 0 Å². The quantitative estimate of drug-likeness (QED) is 0.752. The second-order valence-electron chi connectivity index (χ2n) is 3.63. The molecule has 1 unspecified atom stereocenters. The van der Waals surface area contributed by atoms with Crippen molar-refractivity contribution in [2.75, 3.05) is 0 Å². The minimum atomic E-state index is 0.163. The molecular weight excluding hydrogens is 239 g/mol. The summed E-state index contributed by atoms with van der Waals surface area (Å²) in [6.07, 6.45) is 0. The van der Waals surface area contributed by atoms with Gasteiger partial charge in [0, 0.05) is 0 Å². The zero-order chi connectivity index (χ0) is 10.6. The van der Waals surface area contributed by atoms with Gasteiger partial charge >= 0.3 is 91.8 Å². The van der Waals surface area contributed by atoms with E-state index in [1.807, 2.05) is 39.0 Å². The molecule has 0 saturated carbocycles. The summed E-state index contributed by atoms with van der Waals surface area (Å²) in [4.78, 5) is 11.9. The third-order valence-electron chi connectivity index (χ3n) is 2.03. The van der Waals surface area contributed by atoms with Crippen molar-refractivity contribution in [1.29, 1.82) is 0 Å². The van der Waals surface area contributed by atoms with E-state index in [1.54, 1.807) is 0 Å². The third kappa shape index (κ3) is 3.28. The predicted octanol–water partition coefficient (Wildman–Crippen LogP) is 2.05. The molecule has 0 fully saturated rings. The van der Waals surface area contributed by atoms with Gasteiger partial charge in [-0.05, 0) is 0 Å². The van der Waals surface area contributed by atoms with Gasteiger partial charge in [0.1, 0.15) is 0 Å². The molecule has 0 heterocycles. The van der Waals surface area contributed by atoms with Gasteiger partial charge in [0.05, 0.1) is 0 Å². The van der Waals surface area contributed by atoms with Gasteiger partial charge in [-0.1, -0.05) is 0 Å². The molecule has 0 aliphatic heterocycles. The fourth-order valence-electron chi connectivity index (χ4n) is 1.23. The van der Waals surface area contributed by atoms with Crippen molar-refractivity contribution < 1.29 is 4.79 Å². The Morgan fingerprint density at radius 2 is 1.71 bits per heavy atom. The summed E-state index contributed by atoms with van der Waals surface area (Å²) in [5, 5.41) is 0. The maximum absolute atomic E-state index is 11.7. The van der Waals surface area contributed by atoms with Crippen LogP contribution < -0.4 is 4.46 Å². The first-order valence-electron chi connectivity index (χ1n) is 4.86. The predicted molar refractivity (Wildman–Crippen MR) is 61.1 cm³/mol. The van der Waals surface area contributed by atoms with Gasteiger partial charge in [-0.3, -0.25) is 0 Å². The molecule has 1 aromatic carbocycles. The van der Waals surface area contributed by atoms with Crippen LogP contribution in [0.4, 0.5) is 0 Å². The Bertz CT molecular complexity index is 292. The van der Waals surface area contributed by atoms with Gasteiger partial charge < -0.3 is 0 Å². The third-order valence-corrected chi connectivity index (χ3v) is 4.40. The molecule has 0 aliphatic carbocycles. The molecule has 14 heavy (non-hydrogen) atoms. The normalized spacial score (nSPS) is 12.9. The van der Waals surface area contributed by atoms with E-state index in [9.17, 15) is 4.79 Å². The average Bonchev–Trinajstić information content (AvgIpc) is 2.18. The van der Waals surface area contributed by atoms with E-state index in [-0.39, 0.29) is 25.7 Å². The monoisotopic (exact) mass is 256 g/mol. The number of carbonyl (C=O) groups excluding carboxylic acids is 1. The molecule has 0 amide bonds. The van der Waals surface area contributed by atoms with Crippen molar-refractivity contribution in [2.24, 2.45) is 5.92 Å². The Morgan fingerprint density at radius 1 is 1.14 bits per heavy atom. The van der Waals surface area contributed by atoms with Crippen LogP contribution in [0.2, 0.25) is 4.82 Å². The average molecular weight is 255 g/mol. The molecule has 0 aliphatic rings. The first-order chi connectivity index (χ1) is 6.61. The second kappa shape index (κ2) is 5.33. The van der Waals surface area contributed by atoms with E-state index in [2.05, 4.69) is 12.1 Å². The summed E-state index contributed by atoms with van der Waals surface area (Å²) in [7, 11) is 0. The van der Waals surface area contributed by atoms with Gasteiger partial charge in [0.2, 0.25) is 0 Å². The van der Waals surface area contributed by atoms with Gasteiger partial charge in [0.15, 0.2) is 0 Å². The molecule has 0 aromatic heterocycles. The van der Waals surface area contributed by atoms with Crippen molar-refractivity contribution in [3.05, 3.63) is 30.3 Å². The molecule has 1 nitrogen and oxygen atoms in total. The van der Waals surface area contributed by atoms with Crippen LogP contribution in [0, 0.1) is 5.92 Å². The van der Waals surface area contributed by atoms with E-state index < -0.39 is 0 Å². The van der Waals surface area contributed by atoms with Crippen LogP contribution in [-0.4, -0.2) is 20.7 Å². The van der Waals surface area contributed by atoms with E-state index in [1.165, 1.54) is 4.46 Å². The van der Waals surface area contributed by atoms with E-state index in [0.29, 0.717) is 5.78 Å². The van der Waals surface area contributed by atoms with Crippen LogP contribution in [0.25, 0.3) is 0 Å². The first-order valence-corrected chi connectivity index (χ1v) is 6.71. The zero-order valence-corrected chi connectivity index (χ0v) is 10.6. The minimum absolute atomic E-state index is 0.163. The summed E-state index contributed by atoms with van der Waals surface area (Å²) in [6.45, 7) is 5.98. The topological polar surface area (TPSA) is 17.1 Å². The molecular formula is C12H16OSe. The fourth-order valence-corrected chi connectivity index (χ4v) is 3.56. The van der Waals surface area contributed by atoms with Gasteiger partial charge in [-0.2, -0.15) is 0 Å². The summed E-state index contributed by atoms with van der Waals surface area (Å²) in [6, 6.07) is 10.3. The molecule has 0 radical (unpaired) electrons. The van der Waals surface area contributed by atoms with Gasteiger partial charge in [-0.25, -0.2) is 0 Å². The SMILES string of the molecule is CC(C)C(=O)C(C)[Se]c1ccccc1. The maximum atomic E-state index is 11.7. The summed E-state index contributed by atoms with van der Waals surface area (Å²) in [5.41, 5.74) is 0. The molecule has 2 heteroatoms. The van der Waals surface area contributed by atoms with Crippen molar-refractivity contribution in [1.82, 2.24) is 0 Å². The zero-order valence-electron chi connectivity index (χ0n) is 8.86. The van der Waals surface area contributed by atoms with E-state index >= 15 is 0 Å². The Balaban J connectivity index is 2.57. The number of hydrogen-bond acceptors (Lipinski definition) is 1. The van der Waals surface area contributed by atoms with Crippen molar-refractivity contribution in [2.45, 2.75) is 25.6 Å². The Hall–Kier alpha value is -0.591. The molecule has 1 aromatic rings. The molecule has 1 atom stereocenters. The van der Waals surface area contributed by atoms with Gasteiger partial charge in [-0.15, -0.1) is 0 Å².